The summed E-state index contributed by atoms with van der Waals surface area (Å²) in [6.45, 7) is 33.5. The number of hydrogen-bond donors (Lipinski definition) is 0. The molecule has 0 fully saturated rings. The van der Waals surface area contributed by atoms with Gasteiger partial charge in [-0.25, -0.2) is 4.98 Å². The van der Waals surface area contributed by atoms with E-state index in [0.717, 1.165) is 44.8 Å². The molecule has 4 aromatic carbocycles. The zero-order valence-electron chi connectivity index (χ0n) is 37.0. The van der Waals surface area contributed by atoms with Crippen molar-refractivity contribution in [1.82, 2.24) is 19.2 Å². The largest absolute Gasteiger partial charge is 0.510 e. The first-order valence-corrected chi connectivity index (χ1v) is 20.2. The van der Waals surface area contributed by atoms with Gasteiger partial charge in [0, 0.05) is 49.7 Å². The maximum atomic E-state index is 6.62. The second kappa shape index (κ2) is 14.9. The van der Waals surface area contributed by atoms with E-state index >= 15 is 0 Å². The number of ether oxygens (including phenoxy) is 1. The molecule has 7 rings (SSSR count). The zero-order chi connectivity index (χ0) is 41.5. The SMILES string of the molecule is CC(C)(C)c1cc(-[n+]2[c-]n(-c3[c-]c(Oc4[c-]c5c(cc4)c4cc(C(C)(C)C)ccc4n5-c4cc(C(C)(C)C)ccn4)ccc3)c(C(C)(C)C)n2)cc(C(C)(C)C)c1.[Pt]. The van der Waals surface area contributed by atoms with Crippen molar-refractivity contribution < 1.29 is 30.5 Å². The average Bonchev–Trinajstić information content (AvgIpc) is 3.71. The number of benzene rings is 4. The Kier molecular flexibility index (Phi) is 11.1. The average molecular weight is 953 g/mol. The molecular formula is C51H59N5OPt-2. The summed E-state index contributed by atoms with van der Waals surface area (Å²) < 4.78 is 12.7. The van der Waals surface area contributed by atoms with Crippen molar-refractivity contribution >= 4 is 21.8 Å². The summed E-state index contributed by atoms with van der Waals surface area (Å²) in [7, 11) is 0. The summed E-state index contributed by atoms with van der Waals surface area (Å²) >= 11 is 0. The van der Waals surface area contributed by atoms with Crippen LogP contribution in [-0.4, -0.2) is 19.2 Å². The third-order valence-electron chi connectivity index (χ3n) is 10.7. The number of nitrogens with zero attached hydrogens (tertiary/aromatic N) is 5. The van der Waals surface area contributed by atoms with Gasteiger partial charge in [-0.15, -0.1) is 34.8 Å². The van der Waals surface area contributed by atoms with Crippen LogP contribution in [0, 0.1) is 18.5 Å². The molecule has 0 radical (unpaired) electrons. The van der Waals surface area contributed by atoms with E-state index < -0.39 is 0 Å². The van der Waals surface area contributed by atoms with Gasteiger partial charge in [0.15, 0.2) is 5.82 Å². The van der Waals surface area contributed by atoms with E-state index in [4.69, 9.17) is 14.8 Å². The Balaban J connectivity index is 0.00000567. The van der Waals surface area contributed by atoms with Gasteiger partial charge in [0.1, 0.15) is 5.82 Å². The Hall–Kier alpha value is -4.54. The Labute approximate surface area is 360 Å². The minimum Gasteiger partial charge on any atom is -0.510 e. The van der Waals surface area contributed by atoms with E-state index in [1.165, 1.54) is 22.3 Å². The molecule has 0 N–H and O–H groups in total. The fraction of sp³-hybridized carbons (Fsp3) is 0.392. The first kappa shape index (κ1) is 43.0. The first-order chi connectivity index (χ1) is 26.4. The van der Waals surface area contributed by atoms with Gasteiger partial charge in [-0.3, -0.25) is 0 Å². The van der Waals surface area contributed by atoms with Crippen LogP contribution in [0.25, 0.3) is 39.0 Å². The fourth-order valence-electron chi connectivity index (χ4n) is 7.11. The maximum absolute atomic E-state index is 6.62. The molecule has 3 aromatic heterocycles. The van der Waals surface area contributed by atoms with Crippen LogP contribution in [0.15, 0.2) is 85.1 Å². The van der Waals surface area contributed by atoms with E-state index in [-0.39, 0.29) is 48.1 Å². The van der Waals surface area contributed by atoms with Crippen LogP contribution in [0.5, 0.6) is 11.5 Å². The molecule has 0 spiro atoms. The summed E-state index contributed by atoms with van der Waals surface area (Å²) in [6, 6.07) is 35.2. The third-order valence-corrected chi connectivity index (χ3v) is 10.7. The normalized spacial score (nSPS) is 12.9. The van der Waals surface area contributed by atoms with Crippen molar-refractivity contribution in [3.8, 4) is 28.7 Å². The summed E-state index contributed by atoms with van der Waals surface area (Å²) in [5.74, 6) is 2.89. The van der Waals surface area contributed by atoms with Crippen molar-refractivity contribution in [2.75, 3.05) is 0 Å². The van der Waals surface area contributed by atoms with Crippen LogP contribution in [0.4, 0.5) is 0 Å². The Morgan fingerprint density at radius 2 is 1.17 bits per heavy atom. The van der Waals surface area contributed by atoms with Gasteiger partial charge in [0.25, 0.3) is 6.33 Å². The minimum atomic E-state index is -0.279. The molecule has 58 heavy (non-hydrogen) atoms. The first-order valence-electron chi connectivity index (χ1n) is 20.2. The topological polar surface area (TPSA) is 48.8 Å². The molecular weight excluding hydrogens is 894 g/mol. The van der Waals surface area contributed by atoms with Gasteiger partial charge in [-0.1, -0.05) is 145 Å². The number of aromatic nitrogens is 5. The second-order valence-corrected chi connectivity index (χ2v) is 20.7. The van der Waals surface area contributed by atoms with Crippen LogP contribution < -0.4 is 9.42 Å². The van der Waals surface area contributed by atoms with Gasteiger partial charge in [0.2, 0.25) is 0 Å². The summed E-state index contributed by atoms with van der Waals surface area (Å²) in [4.78, 5) is 4.89. The Bertz CT molecular complexity index is 2600. The van der Waals surface area contributed by atoms with Crippen LogP contribution in [0.2, 0.25) is 0 Å². The van der Waals surface area contributed by atoms with E-state index in [9.17, 15) is 0 Å². The standard InChI is InChI=1S/C51H59N5O.Pt/c1-47(2,3)33-19-22-43-42(28-33)41-21-20-40(31-44(41)56(43)45-29-34(23-24-52-45)48(4,5)6)57-39-18-16-17-37(30-39)54-32-55(53-46(54)51(13,14)15)38-26-35(49(7,8)9)25-36(27-38)50(10,11)12;/h16-29H,1-15H3;/q-2;. The van der Waals surface area contributed by atoms with Crippen molar-refractivity contribution in [2.45, 2.75) is 131 Å². The number of fused-ring (bicyclic) bond motifs is 3. The van der Waals surface area contributed by atoms with Crippen molar-refractivity contribution in [3.63, 3.8) is 0 Å². The van der Waals surface area contributed by atoms with E-state index in [2.05, 4.69) is 181 Å². The quantitative estimate of drug-likeness (QED) is 0.128. The van der Waals surface area contributed by atoms with Crippen molar-refractivity contribution in [3.05, 3.63) is 132 Å². The molecule has 7 aromatic rings. The monoisotopic (exact) mass is 952 g/mol. The second-order valence-electron chi connectivity index (χ2n) is 20.7. The Morgan fingerprint density at radius 1 is 0.569 bits per heavy atom. The van der Waals surface area contributed by atoms with Gasteiger partial charge in [-0.05, 0) is 67.5 Å². The van der Waals surface area contributed by atoms with Gasteiger partial charge >= 0.3 is 0 Å². The molecule has 0 saturated carbocycles. The molecule has 0 bridgehead atoms. The maximum Gasteiger partial charge on any atom is 0.271 e. The Morgan fingerprint density at radius 3 is 1.78 bits per heavy atom. The van der Waals surface area contributed by atoms with Crippen LogP contribution in [0.1, 0.15) is 132 Å². The minimum absolute atomic E-state index is 0. The number of pyridine rings is 1. The van der Waals surface area contributed by atoms with Crippen molar-refractivity contribution in [1.29, 1.82) is 0 Å². The van der Waals surface area contributed by atoms with Gasteiger partial charge in [0.05, 0.1) is 5.69 Å². The smallest absolute Gasteiger partial charge is 0.271 e. The molecule has 0 unspecified atom stereocenters. The van der Waals surface area contributed by atoms with Gasteiger partial charge < -0.3 is 13.9 Å². The van der Waals surface area contributed by atoms with Crippen LogP contribution in [-0.2, 0) is 48.1 Å². The van der Waals surface area contributed by atoms with Crippen LogP contribution >= 0.6 is 0 Å². The fourth-order valence-corrected chi connectivity index (χ4v) is 7.11. The summed E-state index contributed by atoms with van der Waals surface area (Å²) in [6.07, 6.45) is 5.49. The summed E-state index contributed by atoms with van der Waals surface area (Å²) in [5.41, 5.74) is 8.44. The van der Waals surface area contributed by atoms with Gasteiger partial charge in [-0.2, -0.15) is 22.9 Å². The van der Waals surface area contributed by atoms with E-state index in [0.29, 0.717) is 11.5 Å². The number of hydrogen-bond acceptors (Lipinski definition) is 3. The molecule has 306 valence electrons. The third kappa shape index (κ3) is 8.60. The molecule has 0 aliphatic heterocycles. The zero-order valence-corrected chi connectivity index (χ0v) is 39.3. The molecule has 0 amide bonds. The van der Waals surface area contributed by atoms with E-state index in [1.54, 1.807) is 0 Å². The van der Waals surface area contributed by atoms with E-state index in [1.807, 2.05) is 39.7 Å². The summed E-state index contributed by atoms with van der Waals surface area (Å²) in [5, 5.41) is 7.44. The molecule has 0 aliphatic rings. The molecule has 0 atom stereocenters. The van der Waals surface area contributed by atoms with Crippen LogP contribution in [0.3, 0.4) is 0 Å². The molecule has 0 saturated heterocycles. The van der Waals surface area contributed by atoms with Crippen molar-refractivity contribution in [2.24, 2.45) is 0 Å². The predicted molar refractivity (Wildman–Crippen MR) is 234 cm³/mol. The molecule has 0 aliphatic carbocycles. The molecule has 6 nitrogen and oxygen atoms in total. The number of rotatable bonds is 5. The predicted octanol–water partition coefficient (Wildman–Crippen LogP) is 12.3. The molecule has 3 heterocycles. The molecule has 7 heteroatoms.